The van der Waals surface area contributed by atoms with Crippen molar-refractivity contribution in [1.29, 1.82) is 0 Å². The number of rotatable bonds is 4. The lowest BCUT2D eigenvalue weighted by Crippen LogP contribution is -2.44. The summed E-state index contributed by atoms with van der Waals surface area (Å²) in [5.74, 6) is 0.511. The van der Waals surface area contributed by atoms with Gasteiger partial charge in [0.05, 0.1) is 30.1 Å². The number of carbonyl (C=O) groups is 1. The van der Waals surface area contributed by atoms with Gasteiger partial charge in [0, 0.05) is 39.8 Å². The zero-order valence-electron chi connectivity index (χ0n) is 20.3. The standard InChI is InChI=1S/C24H30N8O3/c1-4-31-19-20(27-23(31)30-11-7-8-15(25)12-30)29(3)24(35)32(22(19)34)14-16-13-28(2)21(33)17-9-5-6-10-18(17)26-16/h5-6,9-10,15H,4,7-8,11-14,25H2,1-3H3. The Morgan fingerprint density at radius 1 is 1.11 bits per heavy atom. The molecule has 184 valence electrons. The van der Waals surface area contributed by atoms with E-state index >= 15 is 0 Å². The van der Waals surface area contributed by atoms with E-state index in [4.69, 9.17) is 10.7 Å². The monoisotopic (exact) mass is 478 g/mol. The summed E-state index contributed by atoms with van der Waals surface area (Å²) in [7, 11) is 3.31. The SMILES string of the molecule is CCn1c(N2CCCC(N)C2)nc2c1c(=O)n(CC1=Nc3ccccc3C(=O)N(C)C1)c(=O)n2C. The number of nitrogens with two attached hydrogens (primary N) is 1. The van der Waals surface area contributed by atoms with Crippen molar-refractivity contribution in [2.75, 3.05) is 31.6 Å². The van der Waals surface area contributed by atoms with Gasteiger partial charge < -0.3 is 20.1 Å². The molecular formula is C24H30N8O3. The number of benzene rings is 1. The number of hydrogen-bond acceptors (Lipinski definition) is 7. The van der Waals surface area contributed by atoms with Gasteiger partial charge in [0.25, 0.3) is 11.5 Å². The number of amides is 1. The van der Waals surface area contributed by atoms with Crippen LogP contribution in [0, 0.1) is 0 Å². The van der Waals surface area contributed by atoms with Crippen LogP contribution in [0.1, 0.15) is 30.1 Å². The van der Waals surface area contributed by atoms with Crippen molar-refractivity contribution in [2.24, 2.45) is 17.8 Å². The molecule has 11 nitrogen and oxygen atoms in total. The number of hydrogen-bond donors (Lipinski definition) is 1. The topological polar surface area (TPSA) is 124 Å². The second-order valence-electron chi connectivity index (χ2n) is 9.27. The molecule has 11 heteroatoms. The van der Waals surface area contributed by atoms with E-state index in [2.05, 4.69) is 9.89 Å². The van der Waals surface area contributed by atoms with E-state index in [0.717, 1.165) is 19.4 Å². The van der Waals surface area contributed by atoms with Crippen molar-refractivity contribution >= 4 is 34.4 Å². The Morgan fingerprint density at radius 2 is 1.89 bits per heavy atom. The molecule has 1 aromatic carbocycles. The van der Waals surface area contributed by atoms with Gasteiger partial charge in [-0.2, -0.15) is 4.98 Å². The van der Waals surface area contributed by atoms with Crippen LogP contribution in [0.25, 0.3) is 11.2 Å². The molecule has 1 unspecified atom stereocenters. The third-order valence-electron chi connectivity index (χ3n) is 6.79. The lowest BCUT2D eigenvalue weighted by molar-refractivity contribution is 0.0817. The number of aryl methyl sites for hydroxylation is 2. The molecule has 35 heavy (non-hydrogen) atoms. The fourth-order valence-corrected chi connectivity index (χ4v) is 5.01. The van der Waals surface area contributed by atoms with Gasteiger partial charge in [0.1, 0.15) is 0 Å². The predicted octanol–water partition coefficient (Wildman–Crippen LogP) is 0.702. The highest BCUT2D eigenvalue weighted by Gasteiger charge is 2.27. The Balaban J connectivity index is 1.63. The first-order chi connectivity index (χ1) is 16.8. The van der Waals surface area contributed by atoms with Gasteiger partial charge in [0.2, 0.25) is 5.95 Å². The molecule has 1 fully saturated rings. The van der Waals surface area contributed by atoms with Gasteiger partial charge in [-0.1, -0.05) is 12.1 Å². The third kappa shape index (κ3) is 3.85. The Morgan fingerprint density at radius 3 is 2.63 bits per heavy atom. The lowest BCUT2D eigenvalue weighted by Gasteiger charge is -2.31. The van der Waals surface area contributed by atoms with Crippen LogP contribution in [0.15, 0.2) is 38.8 Å². The van der Waals surface area contributed by atoms with Crippen molar-refractivity contribution in [2.45, 2.75) is 38.9 Å². The molecule has 2 N–H and O–H groups in total. The number of anilines is 1. The highest BCUT2D eigenvalue weighted by Crippen LogP contribution is 2.24. The highest BCUT2D eigenvalue weighted by molar-refractivity contribution is 6.04. The molecule has 0 aliphatic carbocycles. The van der Waals surface area contributed by atoms with Gasteiger partial charge in [-0.25, -0.2) is 4.79 Å². The van der Waals surface area contributed by atoms with Gasteiger partial charge in [-0.15, -0.1) is 0 Å². The molecule has 3 aromatic rings. The van der Waals surface area contributed by atoms with Crippen LogP contribution in [0.4, 0.5) is 11.6 Å². The van der Waals surface area contributed by atoms with E-state index in [1.165, 1.54) is 9.13 Å². The Labute approximate surface area is 202 Å². The average Bonchev–Trinajstić information content (AvgIpc) is 3.20. The molecular weight excluding hydrogens is 448 g/mol. The van der Waals surface area contributed by atoms with E-state index in [1.54, 1.807) is 37.2 Å². The van der Waals surface area contributed by atoms with Crippen LogP contribution in [-0.2, 0) is 20.1 Å². The number of nitrogens with zero attached hydrogens (tertiary/aromatic N) is 7. The van der Waals surface area contributed by atoms with Crippen LogP contribution in [0.2, 0.25) is 0 Å². The first-order valence-electron chi connectivity index (χ1n) is 11.9. The molecule has 0 radical (unpaired) electrons. The van der Waals surface area contributed by atoms with Crippen LogP contribution in [-0.4, -0.2) is 67.9 Å². The van der Waals surface area contributed by atoms with Gasteiger partial charge in [-0.05, 0) is 31.9 Å². The van der Waals surface area contributed by atoms with Crippen molar-refractivity contribution in [3.63, 3.8) is 0 Å². The minimum absolute atomic E-state index is 0.0216. The number of fused-ring (bicyclic) bond motifs is 2. The van der Waals surface area contributed by atoms with Crippen molar-refractivity contribution in [3.05, 3.63) is 50.7 Å². The summed E-state index contributed by atoms with van der Waals surface area (Å²) in [6, 6.07) is 7.14. The summed E-state index contributed by atoms with van der Waals surface area (Å²) < 4.78 is 4.47. The molecule has 1 amide bonds. The zero-order valence-corrected chi connectivity index (χ0v) is 20.3. The van der Waals surface area contributed by atoms with E-state index in [-0.39, 0.29) is 25.0 Å². The predicted molar refractivity (Wildman–Crippen MR) is 135 cm³/mol. The smallest absolute Gasteiger partial charge is 0.332 e. The minimum Gasteiger partial charge on any atom is -0.341 e. The van der Waals surface area contributed by atoms with E-state index in [0.29, 0.717) is 47.2 Å². The number of aliphatic imine (C=N–C) groups is 1. The molecule has 4 heterocycles. The van der Waals surface area contributed by atoms with Crippen LogP contribution >= 0.6 is 0 Å². The number of carbonyl (C=O) groups excluding carboxylic acids is 1. The largest absolute Gasteiger partial charge is 0.341 e. The fourth-order valence-electron chi connectivity index (χ4n) is 5.01. The number of piperidine rings is 1. The molecule has 1 atom stereocenters. The normalized spacial score (nSPS) is 18.6. The average molecular weight is 479 g/mol. The van der Waals surface area contributed by atoms with Gasteiger partial charge in [-0.3, -0.25) is 23.7 Å². The number of imidazole rings is 1. The molecule has 0 saturated carbocycles. The first-order valence-corrected chi connectivity index (χ1v) is 11.9. The van der Waals surface area contributed by atoms with Crippen molar-refractivity contribution < 1.29 is 4.79 Å². The molecule has 0 bridgehead atoms. The molecule has 2 aromatic heterocycles. The third-order valence-corrected chi connectivity index (χ3v) is 6.79. The molecule has 1 saturated heterocycles. The van der Waals surface area contributed by atoms with Crippen LogP contribution < -0.4 is 21.9 Å². The first kappa shape index (κ1) is 23.0. The van der Waals surface area contributed by atoms with Gasteiger partial charge in [0.15, 0.2) is 11.2 Å². The van der Waals surface area contributed by atoms with E-state index in [9.17, 15) is 14.4 Å². The maximum absolute atomic E-state index is 13.7. The maximum Gasteiger partial charge on any atom is 0.332 e. The summed E-state index contributed by atoms with van der Waals surface area (Å²) in [5.41, 5.74) is 7.61. The van der Waals surface area contributed by atoms with Gasteiger partial charge >= 0.3 is 5.69 Å². The fraction of sp³-hybridized carbons (Fsp3) is 0.458. The van der Waals surface area contributed by atoms with Crippen LogP contribution in [0.5, 0.6) is 0 Å². The van der Waals surface area contributed by atoms with Crippen LogP contribution in [0.3, 0.4) is 0 Å². The Bertz CT molecular complexity index is 1460. The summed E-state index contributed by atoms with van der Waals surface area (Å²) in [6.45, 7) is 4.13. The summed E-state index contributed by atoms with van der Waals surface area (Å²) in [4.78, 5) is 52.8. The number of aromatic nitrogens is 4. The van der Waals surface area contributed by atoms with Crippen molar-refractivity contribution in [1.82, 2.24) is 23.6 Å². The quantitative estimate of drug-likeness (QED) is 0.589. The summed E-state index contributed by atoms with van der Waals surface area (Å²) >= 11 is 0. The van der Waals surface area contributed by atoms with E-state index in [1.807, 2.05) is 17.6 Å². The molecule has 5 rings (SSSR count). The highest BCUT2D eigenvalue weighted by atomic mass is 16.2. The molecule has 0 spiro atoms. The second-order valence-corrected chi connectivity index (χ2v) is 9.27. The summed E-state index contributed by atoms with van der Waals surface area (Å²) in [5, 5.41) is 0. The van der Waals surface area contributed by atoms with Crippen molar-refractivity contribution in [3.8, 4) is 0 Å². The minimum atomic E-state index is -0.473. The maximum atomic E-state index is 13.7. The Hall–Kier alpha value is -3.73. The van der Waals surface area contributed by atoms with E-state index < -0.39 is 11.2 Å². The lowest BCUT2D eigenvalue weighted by atomic mass is 10.1. The molecule has 2 aliphatic heterocycles. The summed E-state index contributed by atoms with van der Waals surface area (Å²) in [6.07, 6.45) is 1.90. The molecule has 2 aliphatic rings. The zero-order chi connectivity index (χ0) is 24.9. The second kappa shape index (κ2) is 8.81. The number of para-hydroxylation sites is 1. The Kier molecular flexibility index (Phi) is 5.79.